The minimum absolute atomic E-state index is 0.255. The molecule has 0 bridgehead atoms. The molecular weight excluding hydrogens is 319 g/mol. The third-order valence-electron chi connectivity index (χ3n) is 3.99. The average Bonchev–Trinajstić information content (AvgIpc) is 2.63. The van der Waals surface area contributed by atoms with Crippen molar-refractivity contribution in [2.45, 2.75) is 20.3 Å². The zero-order chi connectivity index (χ0) is 17.8. The Balaban J connectivity index is 2.22. The van der Waals surface area contributed by atoms with Crippen molar-refractivity contribution >= 4 is 28.2 Å². The highest BCUT2D eigenvalue weighted by molar-refractivity contribution is 6.06. The first kappa shape index (κ1) is 16.9. The second-order valence-corrected chi connectivity index (χ2v) is 5.54. The first-order valence-electron chi connectivity index (χ1n) is 8.25. The average molecular weight is 338 g/mol. The Morgan fingerprint density at radius 1 is 1.16 bits per heavy atom. The first-order valence-corrected chi connectivity index (χ1v) is 8.25. The number of hydrogen-bond donors (Lipinski definition) is 1. The molecule has 0 saturated heterocycles. The lowest BCUT2D eigenvalue weighted by Crippen LogP contribution is -2.10. The number of rotatable bonds is 5. The molecule has 0 unspecified atom stereocenters. The van der Waals surface area contributed by atoms with Crippen LogP contribution in [-0.2, 0) is 11.2 Å². The van der Waals surface area contributed by atoms with E-state index < -0.39 is 11.8 Å². The van der Waals surface area contributed by atoms with E-state index >= 15 is 0 Å². The summed E-state index contributed by atoms with van der Waals surface area (Å²) >= 11 is 0. The number of pyridine rings is 1. The smallest absolute Gasteiger partial charge is 0.341 e. The minimum atomic E-state index is -0.488. The molecule has 1 heterocycles. The summed E-state index contributed by atoms with van der Waals surface area (Å²) in [6.07, 6.45) is 2.30. The molecule has 0 amide bonds. The molecule has 2 aromatic carbocycles. The first-order chi connectivity index (χ1) is 12.2. The normalized spacial score (nSPS) is 10.7. The van der Waals surface area contributed by atoms with Gasteiger partial charge in [-0.3, -0.25) is 4.98 Å². The van der Waals surface area contributed by atoms with E-state index in [1.807, 2.05) is 25.1 Å². The minimum Gasteiger partial charge on any atom is -0.462 e. The second-order valence-electron chi connectivity index (χ2n) is 5.54. The van der Waals surface area contributed by atoms with Crippen molar-refractivity contribution in [2.24, 2.45) is 0 Å². The van der Waals surface area contributed by atoms with E-state index in [1.165, 1.54) is 12.3 Å². The molecule has 1 N–H and O–H groups in total. The summed E-state index contributed by atoms with van der Waals surface area (Å²) in [6.45, 7) is 4.04. The summed E-state index contributed by atoms with van der Waals surface area (Å²) in [5.41, 5.74) is 2.93. The van der Waals surface area contributed by atoms with Crippen LogP contribution < -0.4 is 5.32 Å². The topological polar surface area (TPSA) is 51.2 Å². The van der Waals surface area contributed by atoms with Gasteiger partial charge >= 0.3 is 5.97 Å². The number of para-hydroxylation sites is 2. The molecule has 3 aromatic rings. The van der Waals surface area contributed by atoms with Gasteiger partial charge in [-0.1, -0.05) is 37.3 Å². The van der Waals surface area contributed by atoms with Gasteiger partial charge in [0.1, 0.15) is 11.4 Å². The number of carbonyl (C=O) groups excluding carboxylic acids is 1. The molecular formula is C20H19FN2O2. The molecule has 0 aliphatic rings. The third kappa shape index (κ3) is 3.31. The van der Waals surface area contributed by atoms with Gasteiger partial charge in [-0.05, 0) is 31.0 Å². The van der Waals surface area contributed by atoms with Gasteiger partial charge in [0.15, 0.2) is 0 Å². The maximum absolute atomic E-state index is 14.1. The van der Waals surface area contributed by atoms with Crippen molar-refractivity contribution in [3.63, 3.8) is 0 Å². The predicted molar refractivity (Wildman–Crippen MR) is 96.8 cm³/mol. The SMILES string of the molecule is CCOC(=O)c1cnc2c(CC)cccc2c1Nc1ccccc1F. The van der Waals surface area contributed by atoms with Crippen LogP contribution >= 0.6 is 0 Å². The lowest BCUT2D eigenvalue weighted by atomic mass is 10.0. The van der Waals surface area contributed by atoms with Gasteiger partial charge in [0, 0.05) is 11.6 Å². The summed E-state index contributed by atoms with van der Waals surface area (Å²) in [5, 5.41) is 3.82. The maximum atomic E-state index is 14.1. The number of anilines is 2. The lowest BCUT2D eigenvalue weighted by Gasteiger charge is -2.15. The molecule has 0 radical (unpaired) electrons. The highest BCUT2D eigenvalue weighted by Gasteiger charge is 2.18. The summed E-state index contributed by atoms with van der Waals surface area (Å²) in [6, 6.07) is 12.1. The van der Waals surface area contributed by atoms with E-state index in [4.69, 9.17) is 4.74 Å². The molecule has 0 aliphatic carbocycles. The zero-order valence-corrected chi connectivity index (χ0v) is 14.2. The number of benzene rings is 2. The molecule has 0 spiro atoms. The van der Waals surface area contributed by atoms with Gasteiger partial charge < -0.3 is 10.1 Å². The van der Waals surface area contributed by atoms with Crippen molar-refractivity contribution in [3.05, 3.63) is 65.6 Å². The van der Waals surface area contributed by atoms with Gasteiger partial charge in [-0.2, -0.15) is 0 Å². The number of aromatic nitrogens is 1. The Kier molecular flexibility index (Phi) is 4.93. The zero-order valence-electron chi connectivity index (χ0n) is 14.2. The monoisotopic (exact) mass is 338 g/mol. The van der Waals surface area contributed by atoms with Gasteiger partial charge in [-0.25, -0.2) is 9.18 Å². The fourth-order valence-corrected chi connectivity index (χ4v) is 2.77. The van der Waals surface area contributed by atoms with Gasteiger partial charge in [0.2, 0.25) is 0 Å². The largest absolute Gasteiger partial charge is 0.462 e. The molecule has 4 nitrogen and oxygen atoms in total. The van der Waals surface area contributed by atoms with Crippen LogP contribution in [0.5, 0.6) is 0 Å². The Morgan fingerprint density at radius 3 is 2.68 bits per heavy atom. The summed E-state index contributed by atoms with van der Waals surface area (Å²) in [5.74, 6) is -0.883. The number of esters is 1. The van der Waals surface area contributed by atoms with Crippen molar-refractivity contribution in [1.82, 2.24) is 4.98 Å². The summed E-state index contributed by atoms with van der Waals surface area (Å²) in [7, 11) is 0. The molecule has 128 valence electrons. The highest BCUT2D eigenvalue weighted by Crippen LogP contribution is 2.32. The van der Waals surface area contributed by atoms with E-state index in [-0.39, 0.29) is 12.2 Å². The second kappa shape index (κ2) is 7.30. The third-order valence-corrected chi connectivity index (χ3v) is 3.99. The van der Waals surface area contributed by atoms with Crippen LogP contribution in [0.2, 0.25) is 0 Å². The van der Waals surface area contributed by atoms with E-state index in [0.29, 0.717) is 11.4 Å². The fourth-order valence-electron chi connectivity index (χ4n) is 2.77. The number of ether oxygens (including phenoxy) is 1. The van der Waals surface area contributed by atoms with Crippen molar-refractivity contribution in [3.8, 4) is 0 Å². The van der Waals surface area contributed by atoms with Gasteiger partial charge in [0.05, 0.1) is 23.5 Å². The molecule has 0 saturated carbocycles. The van der Waals surface area contributed by atoms with Crippen LogP contribution in [0.25, 0.3) is 10.9 Å². The van der Waals surface area contributed by atoms with Crippen LogP contribution in [-0.4, -0.2) is 17.6 Å². The molecule has 1 aromatic heterocycles. The molecule has 5 heteroatoms. The quantitative estimate of drug-likeness (QED) is 0.675. The number of hydrogen-bond acceptors (Lipinski definition) is 4. The molecule has 0 fully saturated rings. The van der Waals surface area contributed by atoms with Crippen LogP contribution in [0.4, 0.5) is 15.8 Å². The van der Waals surface area contributed by atoms with Crippen LogP contribution in [0.3, 0.4) is 0 Å². The number of halogens is 1. The lowest BCUT2D eigenvalue weighted by molar-refractivity contribution is 0.0527. The number of carbonyl (C=O) groups is 1. The van der Waals surface area contributed by atoms with Crippen LogP contribution in [0, 0.1) is 5.82 Å². The van der Waals surface area contributed by atoms with Crippen LogP contribution in [0.1, 0.15) is 29.8 Å². The van der Waals surface area contributed by atoms with Crippen LogP contribution in [0.15, 0.2) is 48.7 Å². The summed E-state index contributed by atoms with van der Waals surface area (Å²) in [4.78, 5) is 16.8. The number of aryl methyl sites for hydroxylation is 1. The van der Waals surface area contributed by atoms with E-state index in [9.17, 15) is 9.18 Å². The Bertz CT molecular complexity index is 925. The van der Waals surface area contributed by atoms with Crippen molar-refractivity contribution < 1.29 is 13.9 Å². The van der Waals surface area contributed by atoms with E-state index in [2.05, 4.69) is 10.3 Å². The van der Waals surface area contributed by atoms with E-state index in [0.717, 1.165) is 22.9 Å². The van der Waals surface area contributed by atoms with Crippen molar-refractivity contribution in [2.75, 3.05) is 11.9 Å². The van der Waals surface area contributed by atoms with Crippen molar-refractivity contribution in [1.29, 1.82) is 0 Å². The predicted octanol–water partition coefficient (Wildman–Crippen LogP) is 4.86. The summed E-state index contributed by atoms with van der Waals surface area (Å²) < 4.78 is 19.2. The van der Waals surface area contributed by atoms with Gasteiger partial charge in [-0.15, -0.1) is 0 Å². The Labute approximate surface area is 145 Å². The Morgan fingerprint density at radius 2 is 1.96 bits per heavy atom. The molecule has 3 rings (SSSR count). The number of nitrogens with zero attached hydrogens (tertiary/aromatic N) is 1. The number of nitrogens with one attached hydrogen (secondary N) is 1. The Hall–Kier alpha value is -2.95. The molecule has 25 heavy (non-hydrogen) atoms. The highest BCUT2D eigenvalue weighted by atomic mass is 19.1. The van der Waals surface area contributed by atoms with E-state index in [1.54, 1.807) is 25.1 Å². The maximum Gasteiger partial charge on any atom is 0.341 e. The standard InChI is InChI=1S/C20H19FN2O2/c1-3-13-8-7-9-14-18(13)22-12-15(20(24)25-4-2)19(14)23-17-11-6-5-10-16(17)21/h5-12H,3-4H2,1-2H3,(H,22,23). The fraction of sp³-hybridized carbons (Fsp3) is 0.200. The molecule has 0 aliphatic heterocycles. The van der Waals surface area contributed by atoms with Gasteiger partial charge in [0.25, 0.3) is 0 Å². The number of fused-ring (bicyclic) bond motifs is 1. The molecule has 0 atom stereocenters.